The molecule has 0 atom stereocenters. The Hall–Kier alpha value is -2.53. The van der Waals surface area contributed by atoms with E-state index in [0.29, 0.717) is 6.54 Å². The molecule has 0 bridgehead atoms. The summed E-state index contributed by atoms with van der Waals surface area (Å²) in [5, 5.41) is 11.8. The van der Waals surface area contributed by atoms with Gasteiger partial charge in [0.15, 0.2) is 0 Å². The SMILES string of the molecule is Cn1ncc2c(NC(=O)NCc3ccc(Cl)c(CCC(C)(C)C)c3)cccc21. The molecule has 1 heterocycles. The molecule has 0 aliphatic heterocycles. The number of hydrogen-bond acceptors (Lipinski definition) is 2. The number of nitrogens with one attached hydrogen (secondary N) is 2. The Labute approximate surface area is 171 Å². The number of carbonyl (C=O) groups excluding carboxylic acids is 1. The van der Waals surface area contributed by atoms with Gasteiger partial charge in [-0.05, 0) is 47.6 Å². The fraction of sp³-hybridized carbons (Fsp3) is 0.364. The topological polar surface area (TPSA) is 59.0 Å². The summed E-state index contributed by atoms with van der Waals surface area (Å²) < 4.78 is 1.78. The van der Waals surface area contributed by atoms with E-state index in [0.717, 1.165) is 45.6 Å². The molecule has 2 N–H and O–H groups in total. The van der Waals surface area contributed by atoms with Crippen molar-refractivity contribution in [3.8, 4) is 0 Å². The smallest absolute Gasteiger partial charge is 0.319 e. The summed E-state index contributed by atoms with van der Waals surface area (Å²) >= 11 is 6.34. The predicted octanol–water partition coefficient (Wildman–Crippen LogP) is 5.53. The van der Waals surface area contributed by atoms with Crippen molar-refractivity contribution in [2.75, 3.05) is 5.32 Å². The summed E-state index contributed by atoms with van der Waals surface area (Å²) in [6, 6.07) is 11.4. The second kappa shape index (κ2) is 8.23. The standard InChI is InChI=1S/C22H27ClN4O/c1-22(2,3)11-10-16-12-15(8-9-18(16)23)13-24-21(28)26-19-6-5-7-20-17(19)14-25-27(20)4/h5-9,12,14H,10-11,13H2,1-4H3,(H2,24,26,28). The van der Waals surface area contributed by atoms with Crippen LogP contribution in [0.25, 0.3) is 10.9 Å². The van der Waals surface area contributed by atoms with Crippen molar-refractivity contribution < 1.29 is 4.79 Å². The molecule has 3 rings (SSSR count). The van der Waals surface area contributed by atoms with E-state index in [1.807, 2.05) is 37.4 Å². The largest absolute Gasteiger partial charge is 0.334 e. The molecule has 0 aliphatic carbocycles. The van der Waals surface area contributed by atoms with Crippen LogP contribution in [-0.4, -0.2) is 15.8 Å². The van der Waals surface area contributed by atoms with Crippen LogP contribution in [-0.2, 0) is 20.0 Å². The van der Waals surface area contributed by atoms with E-state index < -0.39 is 0 Å². The predicted molar refractivity (Wildman–Crippen MR) is 116 cm³/mol. The molecule has 2 aromatic carbocycles. The third kappa shape index (κ3) is 5.04. The molecular weight excluding hydrogens is 372 g/mol. The van der Waals surface area contributed by atoms with Crippen molar-refractivity contribution in [3.63, 3.8) is 0 Å². The second-order valence-corrected chi connectivity index (χ2v) is 8.71. The van der Waals surface area contributed by atoms with Gasteiger partial charge in [0.2, 0.25) is 0 Å². The summed E-state index contributed by atoms with van der Waals surface area (Å²) in [7, 11) is 1.88. The van der Waals surface area contributed by atoms with Crippen LogP contribution in [0, 0.1) is 5.41 Å². The van der Waals surface area contributed by atoms with E-state index in [-0.39, 0.29) is 11.4 Å². The summed E-state index contributed by atoms with van der Waals surface area (Å²) in [5.41, 5.74) is 4.12. The Bertz CT molecular complexity index is 988. The molecule has 1 aromatic heterocycles. The Morgan fingerprint density at radius 2 is 2.00 bits per heavy atom. The van der Waals surface area contributed by atoms with Gasteiger partial charge in [0, 0.05) is 24.0 Å². The number of fused-ring (bicyclic) bond motifs is 1. The highest BCUT2D eigenvalue weighted by Gasteiger charge is 2.12. The van der Waals surface area contributed by atoms with Crippen LogP contribution in [0.15, 0.2) is 42.6 Å². The minimum Gasteiger partial charge on any atom is -0.334 e. The molecule has 0 fully saturated rings. The first kappa shape index (κ1) is 20.2. The highest BCUT2D eigenvalue weighted by atomic mass is 35.5. The minimum absolute atomic E-state index is 0.248. The molecule has 0 spiro atoms. The number of amides is 2. The fourth-order valence-corrected chi connectivity index (χ4v) is 3.29. The maximum atomic E-state index is 12.4. The van der Waals surface area contributed by atoms with Crippen molar-refractivity contribution in [3.05, 3.63) is 58.7 Å². The van der Waals surface area contributed by atoms with Gasteiger partial charge in [-0.25, -0.2) is 4.79 Å². The maximum absolute atomic E-state index is 12.4. The zero-order valence-corrected chi connectivity index (χ0v) is 17.6. The van der Waals surface area contributed by atoms with Crippen LogP contribution in [0.2, 0.25) is 5.02 Å². The molecule has 5 nitrogen and oxygen atoms in total. The maximum Gasteiger partial charge on any atom is 0.319 e. The van der Waals surface area contributed by atoms with Crippen LogP contribution in [0.1, 0.15) is 38.3 Å². The number of hydrogen-bond donors (Lipinski definition) is 2. The minimum atomic E-state index is -0.248. The Kier molecular flexibility index (Phi) is 5.94. The third-order valence-corrected chi connectivity index (χ3v) is 5.12. The van der Waals surface area contributed by atoms with Crippen LogP contribution in [0.4, 0.5) is 10.5 Å². The van der Waals surface area contributed by atoms with E-state index in [4.69, 9.17) is 11.6 Å². The molecule has 0 radical (unpaired) electrons. The zero-order valence-electron chi connectivity index (χ0n) is 16.8. The van der Waals surface area contributed by atoms with Crippen LogP contribution < -0.4 is 10.6 Å². The first-order chi connectivity index (χ1) is 13.2. The summed E-state index contributed by atoms with van der Waals surface area (Å²) in [4.78, 5) is 12.4. The van der Waals surface area contributed by atoms with Crippen LogP contribution >= 0.6 is 11.6 Å². The highest BCUT2D eigenvalue weighted by molar-refractivity contribution is 6.31. The van der Waals surface area contributed by atoms with Gasteiger partial charge >= 0.3 is 6.03 Å². The van der Waals surface area contributed by atoms with E-state index >= 15 is 0 Å². The molecule has 28 heavy (non-hydrogen) atoms. The first-order valence-electron chi connectivity index (χ1n) is 9.46. The van der Waals surface area contributed by atoms with Crippen molar-refractivity contribution in [2.24, 2.45) is 12.5 Å². The van der Waals surface area contributed by atoms with Crippen LogP contribution in [0.3, 0.4) is 0 Å². The number of benzene rings is 2. The van der Waals surface area contributed by atoms with E-state index in [1.54, 1.807) is 10.9 Å². The van der Waals surface area contributed by atoms with Gasteiger partial charge in [0.25, 0.3) is 0 Å². The summed E-state index contributed by atoms with van der Waals surface area (Å²) in [6.45, 7) is 7.10. The number of urea groups is 1. The summed E-state index contributed by atoms with van der Waals surface area (Å²) in [6.07, 6.45) is 3.73. The molecule has 0 saturated heterocycles. The van der Waals surface area contributed by atoms with Crippen molar-refractivity contribution in [1.29, 1.82) is 0 Å². The first-order valence-corrected chi connectivity index (χ1v) is 9.84. The molecule has 0 saturated carbocycles. The van der Waals surface area contributed by atoms with Gasteiger partial charge in [0.1, 0.15) is 0 Å². The Balaban J connectivity index is 1.62. The number of aromatic nitrogens is 2. The summed E-state index contributed by atoms with van der Waals surface area (Å²) in [5.74, 6) is 0. The lowest BCUT2D eigenvalue weighted by Crippen LogP contribution is -2.28. The molecule has 2 amide bonds. The molecule has 148 valence electrons. The van der Waals surface area contributed by atoms with Crippen molar-refractivity contribution in [1.82, 2.24) is 15.1 Å². The third-order valence-electron chi connectivity index (χ3n) is 4.75. The van der Waals surface area contributed by atoms with E-state index in [9.17, 15) is 4.79 Å². The van der Waals surface area contributed by atoms with Crippen molar-refractivity contribution in [2.45, 2.75) is 40.2 Å². The van der Waals surface area contributed by atoms with Gasteiger partial charge in [-0.15, -0.1) is 0 Å². The lowest BCUT2D eigenvalue weighted by molar-refractivity contribution is 0.252. The van der Waals surface area contributed by atoms with Gasteiger partial charge < -0.3 is 10.6 Å². The molecule has 0 unspecified atom stereocenters. The van der Waals surface area contributed by atoms with Gasteiger partial charge in [0.05, 0.1) is 17.4 Å². The van der Waals surface area contributed by atoms with E-state index in [2.05, 4.69) is 42.6 Å². The quantitative estimate of drug-likeness (QED) is 0.593. The number of anilines is 1. The number of rotatable bonds is 5. The lowest BCUT2D eigenvalue weighted by atomic mass is 9.88. The van der Waals surface area contributed by atoms with Crippen molar-refractivity contribution >= 4 is 34.2 Å². The number of carbonyl (C=O) groups is 1. The highest BCUT2D eigenvalue weighted by Crippen LogP contribution is 2.26. The Morgan fingerprint density at radius 3 is 2.75 bits per heavy atom. The molecular formula is C22H27ClN4O. The second-order valence-electron chi connectivity index (χ2n) is 8.30. The Morgan fingerprint density at radius 1 is 1.21 bits per heavy atom. The molecule has 6 heteroatoms. The zero-order chi connectivity index (χ0) is 20.3. The number of aryl methyl sites for hydroxylation is 2. The lowest BCUT2D eigenvalue weighted by Gasteiger charge is -2.18. The van der Waals surface area contributed by atoms with Gasteiger partial charge in [-0.2, -0.15) is 5.10 Å². The average Bonchev–Trinajstić information content (AvgIpc) is 3.01. The van der Waals surface area contributed by atoms with Gasteiger partial charge in [-0.3, -0.25) is 4.68 Å². The fourth-order valence-electron chi connectivity index (χ4n) is 3.07. The van der Waals surface area contributed by atoms with Crippen LogP contribution in [0.5, 0.6) is 0 Å². The number of nitrogens with zero attached hydrogens (tertiary/aromatic N) is 2. The monoisotopic (exact) mass is 398 g/mol. The van der Waals surface area contributed by atoms with E-state index in [1.165, 1.54) is 0 Å². The van der Waals surface area contributed by atoms with Gasteiger partial charge in [-0.1, -0.05) is 50.6 Å². The number of halogens is 1. The normalized spacial score (nSPS) is 11.6. The molecule has 0 aliphatic rings. The average molecular weight is 399 g/mol. The molecule has 3 aromatic rings.